The molecule has 3 aliphatic carbocycles. The van der Waals surface area contributed by atoms with E-state index in [1.807, 2.05) is 0 Å². The van der Waals surface area contributed by atoms with Gasteiger partial charge in [-0.25, -0.2) is 0 Å². The zero-order chi connectivity index (χ0) is 14.4. The number of rotatable bonds is 3. The molecule has 2 N–H and O–H groups in total. The zero-order valence-electron chi connectivity index (χ0n) is 12.3. The van der Waals surface area contributed by atoms with Crippen LogP contribution in [0, 0.1) is 17.8 Å². The predicted octanol–water partition coefficient (Wildman–Crippen LogP) is 2.24. The molecule has 3 nitrogen and oxygen atoms in total. The lowest BCUT2D eigenvalue weighted by Crippen LogP contribution is -2.39. The van der Waals surface area contributed by atoms with Gasteiger partial charge in [-0.2, -0.15) is 0 Å². The molecule has 1 aromatic carbocycles. The summed E-state index contributed by atoms with van der Waals surface area (Å²) in [6.07, 6.45) is 5.45. The van der Waals surface area contributed by atoms with E-state index in [4.69, 9.17) is 0 Å². The molecule has 5 atom stereocenters. The first-order valence-corrected chi connectivity index (χ1v) is 8.28. The fourth-order valence-corrected chi connectivity index (χ4v) is 4.65. The highest BCUT2D eigenvalue weighted by atomic mass is 16.3. The van der Waals surface area contributed by atoms with Crippen molar-refractivity contribution < 1.29 is 9.90 Å². The number of nitrogens with one attached hydrogen (secondary N) is 1. The Morgan fingerprint density at radius 1 is 1.24 bits per heavy atom. The molecule has 0 aromatic heterocycles. The van der Waals surface area contributed by atoms with Crippen LogP contribution in [-0.2, 0) is 11.2 Å². The van der Waals surface area contributed by atoms with Gasteiger partial charge in [0, 0.05) is 24.5 Å². The number of aliphatic hydroxyl groups excluding tert-OH is 1. The van der Waals surface area contributed by atoms with E-state index in [1.54, 1.807) is 0 Å². The maximum atomic E-state index is 12.6. The molecule has 0 bridgehead atoms. The van der Waals surface area contributed by atoms with Crippen LogP contribution in [0.2, 0.25) is 0 Å². The van der Waals surface area contributed by atoms with Crippen LogP contribution in [0.3, 0.4) is 0 Å². The van der Waals surface area contributed by atoms with E-state index in [-0.39, 0.29) is 30.4 Å². The van der Waals surface area contributed by atoms with Crippen LogP contribution in [0.15, 0.2) is 24.3 Å². The zero-order valence-corrected chi connectivity index (χ0v) is 12.3. The highest BCUT2D eigenvalue weighted by Crippen LogP contribution is 2.59. The number of aryl methyl sites for hydroxylation is 1. The van der Waals surface area contributed by atoms with Crippen LogP contribution in [0.1, 0.15) is 42.7 Å². The van der Waals surface area contributed by atoms with Gasteiger partial charge in [0.15, 0.2) is 0 Å². The second-order valence-corrected chi connectivity index (χ2v) is 6.94. The Morgan fingerprint density at radius 3 is 2.95 bits per heavy atom. The van der Waals surface area contributed by atoms with Crippen LogP contribution in [0.4, 0.5) is 0 Å². The van der Waals surface area contributed by atoms with Gasteiger partial charge in [0.1, 0.15) is 0 Å². The van der Waals surface area contributed by atoms with Gasteiger partial charge in [-0.1, -0.05) is 30.7 Å². The van der Waals surface area contributed by atoms with Crippen LogP contribution in [0.25, 0.3) is 0 Å². The van der Waals surface area contributed by atoms with E-state index in [0.29, 0.717) is 11.8 Å². The van der Waals surface area contributed by atoms with Gasteiger partial charge in [-0.05, 0) is 48.6 Å². The highest BCUT2D eigenvalue weighted by Gasteiger charge is 2.57. The summed E-state index contributed by atoms with van der Waals surface area (Å²) in [6, 6.07) is 8.79. The number of carbonyl (C=O) groups excluding carboxylic acids is 1. The molecule has 3 heteroatoms. The fraction of sp³-hybridized carbons (Fsp3) is 0.611. The Morgan fingerprint density at radius 2 is 2.10 bits per heavy atom. The number of hydrogen-bond donors (Lipinski definition) is 2. The Balaban J connectivity index is 1.46. The van der Waals surface area contributed by atoms with Gasteiger partial charge in [0.2, 0.25) is 5.91 Å². The Bertz CT molecular complexity index is 556. The fourth-order valence-electron chi connectivity index (χ4n) is 4.65. The molecule has 3 aliphatic rings. The minimum absolute atomic E-state index is 0.175. The summed E-state index contributed by atoms with van der Waals surface area (Å²) in [5.74, 6) is 1.67. The molecule has 0 heterocycles. The van der Waals surface area contributed by atoms with Crippen molar-refractivity contribution in [2.75, 3.05) is 6.61 Å². The quantitative estimate of drug-likeness (QED) is 0.895. The van der Waals surface area contributed by atoms with Gasteiger partial charge in [-0.15, -0.1) is 0 Å². The third-order valence-electron chi connectivity index (χ3n) is 5.85. The van der Waals surface area contributed by atoms with E-state index >= 15 is 0 Å². The maximum absolute atomic E-state index is 12.6. The summed E-state index contributed by atoms with van der Waals surface area (Å²) < 4.78 is 0. The second kappa shape index (κ2) is 5.13. The molecule has 21 heavy (non-hydrogen) atoms. The van der Waals surface area contributed by atoms with E-state index in [1.165, 1.54) is 11.1 Å². The smallest absolute Gasteiger partial charge is 0.224 e. The molecule has 1 amide bonds. The van der Waals surface area contributed by atoms with Crippen molar-refractivity contribution in [1.29, 1.82) is 0 Å². The van der Waals surface area contributed by atoms with Crippen molar-refractivity contribution in [2.24, 2.45) is 17.8 Å². The first-order chi connectivity index (χ1) is 10.3. The lowest BCUT2D eigenvalue weighted by atomic mass is 9.92. The molecule has 0 saturated heterocycles. The summed E-state index contributed by atoms with van der Waals surface area (Å²) in [5.41, 5.74) is 2.84. The second-order valence-electron chi connectivity index (χ2n) is 6.94. The van der Waals surface area contributed by atoms with Gasteiger partial charge in [0.05, 0.1) is 0 Å². The minimum atomic E-state index is 0.175. The third-order valence-corrected chi connectivity index (χ3v) is 5.85. The number of fused-ring (bicyclic) bond motifs is 3. The summed E-state index contributed by atoms with van der Waals surface area (Å²) >= 11 is 0. The average molecular weight is 285 g/mol. The van der Waals surface area contributed by atoms with Crippen LogP contribution >= 0.6 is 0 Å². The van der Waals surface area contributed by atoms with E-state index in [9.17, 15) is 9.90 Å². The maximum Gasteiger partial charge on any atom is 0.224 e. The predicted molar refractivity (Wildman–Crippen MR) is 80.8 cm³/mol. The lowest BCUT2D eigenvalue weighted by molar-refractivity contribution is -0.123. The number of carbonyl (C=O) groups is 1. The first-order valence-electron chi connectivity index (χ1n) is 8.28. The summed E-state index contributed by atoms with van der Waals surface area (Å²) in [7, 11) is 0. The summed E-state index contributed by atoms with van der Waals surface area (Å²) in [6.45, 7) is 0.200. The van der Waals surface area contributed by atoms with Crippen molar-refractivity contribution in [3.8, 4) is 0 Å². The Kier molecular flexibility index (Phi) is 3.26. The highest BCUT2D eigenvalue weighted by molar-refractivity contribution is 5.84. The average Bonchev–Trinajstić information content (AvgIpc) is 3.11. The summed E-state index contributed by atoms with van der Waals surface area (Å²) in [5, 5.41) is 12.6. The molecule has 5 unspecified atom stereocenters. The molecular weight excluding hydrogens is 262 g/mol. The van der Waals surface area contributed by atoms with Crippen molar-refractivity contribution in [3.63, 3.8) is 0 Å². The SMILES string of the molecule is O=C(NC1CCCC1CO)C1C2CCc3ccccc3C21. The normalized spacial score (nSPS) is 36.7. The van der Waals surface area contributed by atoms with Gasteiger partial charge >= 0.3 is 0 Å². The summed E-state index contributed by atoms with van der Waals surface area (Å²) in [4.78, 5) is 12.6. The Hall–Kier alpha value is -1.35. The van der Waals surface area contributed by atoms with Gasteiger partial charge in [-0.3, -0.25) is 4.79 Å². The minimum Gasteiger partial charge on any atom is -0.396 e. The van der Waals surface area contributed by atoms with Gasteiger partial charge < -0.3 is 10.4 Å². The van der Waals surface area contributed by atoms with E-state index < -0.39 is 0 Å². The Labute approximate surface area is 125 Å². The monoisotopic (exact) mass is 285 g/mol. The standard InChI is InChI=1S/C18H23NO2/c20-10-12-5-3-7-15(12)19-18(21)17-14-9-8-11-4-1-2-6-13(11)16(14)17/h1-2,4,6,12,14-17,20H,3,5,7-10H2,(H,19,21). The largest absolute Gasteiger partial charge is 0.396 e. The van der Waals surface area contributed by atoms with Crippen LogP contribution in [-0.4, -0.2) is 23.7 Å². The van der Waals surface area contributed by atoms with Gasteiger partial charge in [0.25, 0.3) is 0 Å². The van der Waals surface area contributed by atoms with Crippen molar-refractivity contribution in [2.45, 2.75) is 44.1 Å². The topological polar surface area (TPSA) is 49.3 Å². The van der Waals surface area contributed by atoms with Crippen molar-refractivity contribution >= 4 is 5.91 Å². The van der Waals surface area contributed by atoms with Crippen molar-refractivity contribution in [3.05, 3.63) is 35.4 Å². The van der Waals surface area contributed by atoms with E-state index in [2.05, 4.69) is 29.6 Å². The lowest BCUT2D eigenvalue weighted by Gasteiger charge is -2.19. The molecule has 0 aliphatic heterocycles. The first kappa shape index (κ1) is 13.3. The van der Waals surface area contributed by atoms with Crippen LogP contribution < -0.4 is 5.32 Å². The van der Waals surface area contributed by atoms with Crippen LogP contribution in [0.5, 0.6) is 0 Å². The van der Waals surface area contributed by atoms with E-state index in [0.717, 1.165) is 32.1 Å². The number of benzene rings is 1. The molecule has 1 aromatic rings. The molecular formula is C18H23NO2. The third kappa shape index (κ3) is 2.18. The molecule has 112 valence electrons. The molecule has 2 fully saturated rings. The van der Waals surface area contributed by atoms with Crippen molar-refractivity contribution in [1.82, 2.24) is 5.32 Å². The number of hydrogen-bond acceptors (Lipinski definition) is 2. The number of aliphatic hydroxyl groups is 1. The number of amides is 1. The molecule has 0 radical (unpaired) electrons. The molecule has 0 spiro atoms. The molecule has 2 saturated carbocycles. The molecule has 4 rings (SSSR count).